The molecule has 2 aromatic rings. The summed E-state index contributed by atoms with van der Waals surface area (Å²) in [5.41, 5.74) is 1.95. The molecule has 0 fully saturated rings. The van der Waals surface area contributed by atoms with E-state index in [0.29, 0.717) is 18.8 Å². The Morgan fingerprint density at radius 3 is 2.00 bits per heavy atom. The van der Waals surface area contributed by atoms with Crippen LogP contribution in [0.4, 0.5) is 0 Å². The van der Waals surface area contributed by atoms with Crippen LogP contribution in [0.15, 0.2) is 54.6 Å². The van der Waals surface area contributed by atoms with Gasteiger partial charge in [0, 0.05) is 37.9 Å². The lowest BCUT2D eigenvalue weighted by atomic mass is 10.0. The fraction of sp³-hybridized carbons (Fsp3) is 0.516. The molecule has 8 heteroatoms. The minimum atomic E-state index is -0.838. The van der Waals surface area contributed by atoms with Crippen molar-refractivity contribution in [2.75, 3.05) is 18.8 Å². The molecule has 0 radical (unpaired) electrons. The molecule has 3 amide bonds. The highest BCUT2D eigenvalue weighted by Crippen LogP contribution is 2.16. The van der Waals surface area contributed by atoms with Crippen molar-refractivity contribution < 1.29 is 19.5 Å². The summed E-state index contributed by atoms with van der Waals surface area (Å²) in [6.07, 6.45) is 6.35. The molecule has 2 atom stereocenters. The predicted octanol–water partition coefficient (Wildman–Crippen LogP) is 5.07. The van der Waals surface area contributed by atoms with Gasteiger partial charge in [0.05, 0.1) is 0 Å². The molecule has 214 valence electrons. The molecule has 0 aromatic heterocycles. The lowest BCUT2D eigenvalue weighted by Crippen LogP contribution is -2.56. The first-order valence-electron chi connectivity index (χ1n) is 14.1. The summed E-state index contributed by atoms with van der Waals surface area (Å²) < 4.78 is 0. The molecule has 0 saturated carbocycles. The first-order valence-corrected chi connectivity index (χ1v) is 15.2. The fourth-order valence-electron chi connectivity index (χ4n) is 4.30. The van der Waals surface area contributed by atoms with Crippen LogP contribution in [0.1, 0.15) is 70.4 Å². The number of nitrogens with one attached hydrogen (secondary N) is 2. The standard InChI is InChI=1S/C31H45N3O4S/c1-4-6-11-19-34(20-12-7-5-2)31(38)29(23-39-22-26-13-9-8-10-14-26)33-30(37)28(32-24(3)35)21-25-15-17-27(36)18-16-25/h8-10,13-18,28-29,36H,4-7,11-12,19-23H2,1-3H3,(H,32,35)(H,33,37)/t28-,29-/m0/s1. The van der Waals surface area contributed by atoms with E-state index in [4.69, 9.17) is 0 Å². The highest BCUT2D eigenvalue weighted by Gasteiger charge is 2.29. The number of nitrogens with zero attached hydrogens (tertiary/aromatic N) is 1. The van der Waals surface area contributed by atoms with Gasteiger partial charge in [0.15, 0.2) is 0 Å². The number of aromatic hydroxyl groups is 1. The second-order valence-corrected chi connectivity index (χ2v) is 11.0. The van der Waals surface area contributed by atoms with Crippen molar-refractivity contribution in [1.29, 1.82) is 0 Å². The van der Waals surface area contributed by atoms with Crippen molar-refractivity contribution in [1.82, 2.24) is 15.5 Å². The smallest absolute Gasteiger partial charge is 0.246 e. The number of hydrogen-bond donors (Lipinski definition) is 3. The van der Waals surface area contributed by atoms with Gasteiger partial charge in [0.1, 0.15) is 17.8 Å². The highest BCUT2D eigenvalue weighted by molar-refractivity contribution is 7.98. The zero-order valence-corrected chi connectivity index (χ0v) is 24.5. The third-order valence-electron chi connectivity index (χ3n) is 6.46. The zero-order chi connectivity index (χ0) is 28.5. The molecular formula is C31H45N3O4S. The monoisotopic (exact) mass is 555 g/mol. The van der Waals surface area contributed by atoms with Gasteiger partial charge in [-0.25, -0.2) is 0 Å². The summed E-state index contributed by atoms with van der Waals surface area (Å²) in [4.78, 5) is 41.2. The fourth-order valence-corrected chi connectivity index (χ4v) is 5.30. The van der Waals surface area contributed by atoms with E-state index in [1.54, 1.807) is 36.0 Å². The number of benzene rings is 2. The second kappa shape index (κ2) is 18.3. The van der Waals surface area contributed by atoms with Crippen LogP contribution >= 0.6 is 11.8 Å². The molecule has 2 rings (SSSR count). The molecule has 0 aliphatic rings. The Morgan fingerprint density at radius 2 is 1.44 bits per heavy atom. The van der Waals surface area contributed by atoms with E-state index >= 15 is 0 Å². The van der Waals surface area contributed by atoms with Crippen molar-refractivity contribution in [2.45, 2.75) is 83.6 Å². The normalized spacial score (nSPS) is 12.4. The Balaban J connectivity index is 2.20. The summed E-state index contributed by atoms with van der Waals surface area (Å²) in [6.45, 7) is 7.01. The molecule has 39 heavy (non-hydrogen) atoms. The first kappa shape index (κ1) is 32.2. The molecule has 0 spiro atoms. The number of phenolic OH excluding ortho intramolecular Hbond substituents is 1. The van der Waals surface area contributed by atoms with E-state index in [1.165, 1.54) is 6.92 Å². The molecule has 7 nitrogen and oxygen atoms in total. The van der Waals surface area contributed by atoms with Gasteiger partial charge in [-0.3, -0.25) is 14.4 Å². The maximum Gasteiger partial charge on any atom is 0.246 e. The van der Waals surface area contributed by atoms with Gasteiger partial charge in [-0.05, 0) is 36.1 Å². The van der Waals surface area contributed by atoms with Crippen LogP contribution in [-0.2, 0) is 26.6 Å². The van der Waals surface area contributed by atoms with E-state index in [9.17, 15) is 19.5 Å². The lowest BCUT2D eigenvalue weighted by molar-refractivity contribution is -0.136. The number of phenols is 1. The number of thioether (sulfide) groups is 1. The molecule has 0 heterocycles. The second-order valence-electron chi connectivity index (χ2n) is 9.93. The molecule has 0 aliphatic heterocycles. The Morgan fingerprint density at radius 1 is 0.821 bits per heavy atom. The van der Waals surface area contributed by atoms with Crippen molar-refractivity contribution in [3.05, 3.63) is 65.7 Å². The number of carbonyl (C=O) groups is 3. The van der Waals surface area contributed by atoms with E-state index < -0.39 is 12.1 Å². The SMILES string of the molecule is CCCCCN(CCCCC)C(=O)[C@H](CSCc1ccccc1)NC(=O)[C@H](Cc1ccc(O)cc1)NC(C)=O. The number of rotatable bonds is 18. The number of amides is 3. The summed E-state index contributed by atoms with van der Waals surface area (Å²) >= 11 is 1.61. The van der Waals surface area contributed by atoms with E-state index in [2.05, 4.69) is 36.6 Å². The van der Waals surface area contributed by atoms with Crippen LogP contribution in [0.2, 0.25) is 0 Å². The van der Waals surface area contributed by atoms with Crippen molar-refractivity contribution in [3.8, 4) is 5.75 Å². The third-order valence-corrected chi connectivity index (χ3v) is 7.56. The van der Waals surface area contributed by atoms with Crippen LogP contribution in [0.25, 0.3) is 0 Å². The Bertz CT molecular complexity index is 991. The van der Waals surface area contributed by atoms with Gasteiger partial charge in [-0.2, -0.15) is 11.8 Å². The topological polar surface area (TPSA) is 98.7 Å². The molecule has 0 aliphatic carbocycles. The zero-order valence-electron chi connectivity index (χ0n) is 23.7. The van der Waals surface area contributed by atoms with E-state index in [-0.39, 0.29) is 29.9 Å². The van der Waals surface area contributed by atoms with Crippen LogP contribution in [-0.4, -0.2) is 58.7 Å². The molecule has 3 N–H and O–H groups in total. The minimum absolute atomic E-state index is 0.0673. The highest BCUT2D eigenvalue weighted by atomic mass is 32.2. The first-order chi connectivity index (χ1) is 18.8. The summed E-state index contributed by atoms with van der Waals surface area (Å²) in [7, 11) is 0. The van der Waals surface area contributed by atoms with Crippen LogP contribution in [0, 0.1) is 0 Å². The van der Waals surface area contributed by atoms with Crippen molar-refractivity contribution in [3.63, 3.8) is 0 Å². The molecule has 0 saturated heterocycles. The largest absolute Gasteiger partial charge is 0.508 e. The van der Waals surface area contributed by atoms with Gasteiger partial charge >= 0.3 is 0 Å². The Labute approximate surface area is 238 Å². The van der Waals surface area contributed by atoms with E-state index in [1.807, 2.05) is 23.1 Å². The quantitative estimate of drug-likeness (QED) is 0.223. The Hall–Kier alpha value is -3.00. The van der Waals surface area contributed by atoms with Gasteiger partial charge in [0.2, 0.25) is 17.7 Å². The average Bonchev–Trinajstić information content (AvgIpc) is 2.92. The third kappa shape index (κ3) is 12.6. The van der Waals surface area contributed by atoms with Crippen molar-refractivity contribution >= 4 is 29.5 Å². The molecular weight excluding hydrogens is 510 g/mol. The van der Waals surface area contributed by atoms with Gasteiger partial charge in [-0.1, -0.05) is 82.0 Å². The number of hydrogen-bond acceptors (Lipinski definition) is 5. The molecule has 0 bridgehead atoms. The van der Waals surface area contributed by atoms with E-state index in [0.717, 1.165) is 55.4 Å². The van der Waals surface area contributed by atoms with Crippen LogP contribution in [0.5, 0.6) is 5.75 Å². The lowest BCUT2D eigenvalue weighted by Gasteiger charge is -2.29. The summed E-state index contributed by atoms with van der Waals surface area (Å²) in [6, 6.07) is 15.1. The maximum atomic E-state index is 13.8. The minimum Gasteiger partial charge on any atom is -0.508 e. The van der Waals surface area contributed by atoms with Crippen LogP contribution in [0.3, 0.4) is 0 Å². The maximum absolute atomic E-state index is 13.8. The van der Waals surface area contributed by atoms with Gasteiger partial charge < -0.3 is 20.6 Å². The number of carbonyl (C=O) groups excluding carboxylic acids is 3. The van der Waals surface area contributed by atoms with Crippen molar-refractivity contribution in [2.24, 2.45) is 0 Å². The van der Waals surface area contributed by atoms with Gasteiger partial charge in [0.25, 0.3) is 0 Å². The predicted molar refractivity (Wildman–Crippen MR) is 160 cm³/mol. The van der Waals surface area contributed by atoms with Crippen LogP contribution < -0.4 is 10.6 Å². The number of unbranched alkanes of at least 4 members (excludes halogenated alkanes) is 4. The average molecular weight is 556 g/mol. The molecule has 2 aromatic carbocycles. The summed E-state index contributed by atoms with van der Waals surface area (Å²) in [5.74, 6) is 0.516. The Kier molecular flexibility index (Phi) is 15.1. The summed E-state index contributed by atoms with van der Waals surface area (Å²) in [5, 5.41) is 15.3. The van der Waals surface area contributed by atoms with Gasteiger partial charge in [-0.15, -0.1) is 0 Å². The molecule has 0 unspecified atom stereocenters.